The van der Waals surface area contributed by atoms with E-state index in [9.17, 15) is 4.79 Å². The van der Waals surface area contributed by atoms with Crippen molar-refractivity contribution in [2.24, 2.45) is 0 Å². The van der Waals surface area contributed by atoms with Crippen LogP contribution in [0, 0.1) is 0 Å². The van der Waals surface area contributed by atoms with Crippen molar-refractivity contribution in [1.29, 1.82) is 0 Å². The van der Waals surface area contributed by atoms with Gasteiger partial charge in [-0.3, -0.25) is 9.63 Å². The van der Waals surface area contributed by atoms with Crippen LogP contribution in [-0.2, 0) is 4.84 Å². The summed E-state index contributed by atoms with van der Waals surface area (Å²) in [7, 11) is 0. The second-order valence-corrected chi connectivity index (χ2v) is 4.60. The van der Waals surface area contributed by atoms with Gasteiger partial charge in [-0.25, -0.2) is 5.48 Å². The lowest BCUT2D eigenvalue weighted by Gasteiger charge is -2.11. The normalized spacial score (nSPS) is 16.1. The molecule has 1 aliphatic carbocycles. The Morgan fingerprint density at radius 1 is 1.41 bits per heavy atom. The van der Waals surface area contributed by atoms with Gasteiger partial charge < -0.3 is 5.73 Å². The number of carbonyl (C=O) groups is 1. The van der Waals surface area contributed by atoms with Crippen molar-refractivity contribution in [2.75, 3.05) is 5.73 Å². The van der Waals surface area contributed by atoms with E-state index in [1.165, 1.54) is 6.07 Å². The van der Waals surface area contributed by atoms with Crippen molar-refractivity contribution in [3.8, 4) is 0 Å². The fourth-order valence-electron chi connectivity index (χ4n) is 1.89. The van der Waals surface area contributed by atoms with Gasteiger partial charge in [0.2, 0.25) is 0 Å². The highest BCUT2D eigenvalue weighted by molar-refractivity contribution is 6.33. The van der Waals surface area contributed by atoms with Crippen LogP contribution < -0.4 is 11.2 Å². The lowest BCUT2D eigenvalue weighted by atomic mass is 10.2. The number of nitrogens with two attached hydrogens (primary N) is 1. The van der Waals surface area contributed by atoms with Crippen LogP contribution in [0.3, 0.4) is 0 Å². The second kappa shape index (κ2) is 5.38. The molecule has 0 spiro atoms. The molecule has 5 heteroatoms. The number of anilines is 1. The van der Waals surface area contributed by atoms with Gasteiger partial charge in [-0.15, -0.1) is 0 Å². The highest BCUT2D eigenvalue weighted by Crippen LogP contribution is 2.21. The third kappa shape index (κ3) is 3.11. The van der Waals surface area contributed by atoms with Crippen LogP contribution >= 0.6 is 11.6 Å². The van der Waals surface area contributed by atoms with Crippen LogP contribution in [0.25, 0.3) is 0 Å². The molecule has 0 saturated heterocycles. The van der Waals surface area contributed by atoms with Crippen LogP contribution in [0.1, 0.15) is 36.0 Å². The third-order valence-corrected chi connectivity index (χ3v) is 3.22. The Hall–Kier alpha value is -1.26. The van der Waals surface area contributed by atoms with Gasteiger partial charge >= 0.3 is 0 Å². The Balaban J connectivity index is 1.92. The standard InChI is InChI=1S/C12H15ClN2O2/c13-10-6-5-8(7-11(10)14)12(16)15-17-9-3-1-2-4-9/h5-7,9H,1-4,14H2,(H,15,16). The van der Waals surface area contributed by atoms with Gasteiger partial charge in [-0.05, 0) is 31.0 Å². The van der Waals surface area contributed by atoms with Crippen LogP contribution in [0.2, 0.25) is 5.02 Å². The smallest absolute Gasteiger partial charge is 0.274 e. The Labute approximate surface area is 105 Å². The van der Waals surface area contributed by atoms with E-state index in [4.69, 9.17) is 22.2 Å². The highest BCUT2D eigenvalue weighted by atomic mass is 35.5. The van der Waals surface area contributed by atoms with Gasteiger partial charge in [0.25, 0.3) is 5.91 Å². The zero-order valence-electron chi connectivity index (χ0n) is 9.41. The first-order valence-electron chi connectivity index (χ1n) is 5.68. The van der Waals surface area contributed by atoms with E-state index in [2.05, 4.69) is 5.48 Å². The molecule has 4 nitrogen and oxygen atoms in total. The van der Waals surface area contributed by atoms with Crippen molar-refractivity contribution in [1.82, 2.24) is 5.48 Å². The first-order chi connectivity index (χ1) is 8.16. The van der Waals surface area contributed by atoms with E-state index in [0.29, 0.717) is 16.3 Å². The first-order valence-corrected chi connectivity index (χ1v) is 6.05. The average molecular weight is 255 g/mol. The predicted octanol–water partition coefficient (Wildman–Crippen LogP) is 2.53. The minimum atomic E-state index is -0.291. The minimum absolute atomic E-state index is 0.142. The zero-order chi connectivity index (χ0) is 12.3. The third-order valence-electron chi connectivity index (χ3n) is 2.88. The lowest BCUT2D eigenvalue weighted by molar-refractivity contribution is -0.0124. The quantitative estimate of drug-likeness (QED) is 0.644. The van der Waals surface area contributed by atoms with Gasteiger partial charge in [0, 0.05) is 5.56 Å². The van der Waals surface area contributed by atoms with Crippen LogP contribution in [0.15, 0.2) is 18.2 Å². The molecular formula is C12H15ClN2O2. The van der Waals surface area contributed by atoms with Gasteiger partial charge in [-0.1, -0.05) is 24.4 Å². The monoisotopic (exact) mass is 254 g/mol. The summed E-state index contributed by atoms with van der Waals surface area (Å²) in [5, 5.41) is 0.443. The summed E-state index contributed by atoms with van der Waals surface area (Å²) in [6, 6.07) is 4.75. The number of nitrogens with one attached hydrogen (secondary N) is 1. The maximum absolute atomic E-state index is 11.7. The van der Waals surface area contributed by atoms with Crippen molar-refractivity contribution in [2.45, 2.75) is 31.8 Å². The topological polar surface area (TPSA) is 64.4 Å². The number of hydrogen-bond acceptors (Lipinski definition) is 3. The molecule has 1 saturated carbocycles. The Kier molecular flexibility index (Phi) is 3.86. The molecule has 0 atom stereocenters. The second-order valence-electron chi connectivity index (χ2n) is 4.19. The fraction of sp³-hybridized carbons (Fsp3) is 0.417. The molecule has 0 radical (unpaired) electrons. The molecule has 92 valence electrons. The van der Waals surface area contributed by atoms with E-state index in [0.717, 1.165) is 25.7 Å². The summed E-state index contributed by atoms with van der Waals surface area (Å²) < 4.78 is 0. The van der Waals surface area contributed by atoms with Gasteiger partial charge in [0.1, 0.15) is 0 Å². The number of nitrogen functional groups attached to an aromatic ring is 1. The molecule has 17 heavy (non-hydrogen) atoms. The molecule has 0 aromatic heterocycles. The van der Waals surface area contributed by atoms with Gasteiger partial charge in [0.05, 0.1) is 16.8 Å². The minimum Gasteiger partial charge on any atom is -0.398 e. The molecule has 0 unspecified atom stereocenters. The maximum atomic E-state index is 11.7. The number of carbonyl (C=O) groups excluding carboxylic acids is 1. The summed E-state index contributed by atoms with van der Waals surface area (Å²) in [5.74, 6) is -0.291. The van der Waals surface area contributed by atoms with E-state index in [1.807, 2.05) is 0 Å². The van der Waals surface area contributed by atoms with E-state index < -0.39 is 0 Å². The van der Waals surface area contributed by atoms with E-state index in [1.54, 1.807) is 12.1 Å². The summed E-state index contributed by atoms with van der Waals surface area (Å²) in [6.45, 7) is 0. The fourth-order valence-corrected chi connectivity index (χ4v) is 2.00. The average Bonchev–Trinajstić information content (AvgIpc) is 2.82. The highest BCUT2D eigenvalue weighted by Gasteiger charge is 2.17. The Morgan fingerprint density at radius 3 is 2.76 bits per heavy atom. The van der Waals surface area contributed by atoms with Gasteiger partial charge in [-0.2, -0.15) is 0 Å². The van der Waals surface area contributed by atoms with Crippen molar-refractivity contribution < 1.29 is 9.63 Å². The molecule has 1 aromatic rings. The molecular weight excluding hydrogens is 240 g/mol. The summed E-state index contributed by atoms with van der Waals surface area (Å²) >= 11 is 5.78. The lowest BCUT2D eigenvalue weighted by Crippen LogP contribution is -2.28. The van der Waals surface area contributed by atoms with E-state index in [-0.39, 0.29) is 12.0 Å². The number of hydroxylamine groups is 1. The number of halogens is 1. The predicted molar refractivity (Wildman–Crippen MR) is 66.7 cm³/mol. The molecule has 3 N–H and O–H groups in total. The molecule has 1 aromatic carbocycles. The number of benzene rings is 1. The molecule has 1 amide bonds. The molecule has 0 aliphatic heterocycles. The van der Waals surface area contributed by atoms with Gasteiger partial charge in [0.15, 0.2) is 0 Å². The van der Waals surface area contributed by atoms with Crippen LogP contribution in [0.5, 0.6) is 0 Å². The summed E-state index contributed by atoms with van der Waals surface area (Å²) in [5.41, 5.74) is 8.91. The van der Waals surface area contributed by atoms with Crippen LogP contribution in [0.4, 0.5) is 5.69 Å². The molecule has 1 fully saturated rings. The van der Waals surface area contributed by atoms with E-state index >= 15 is 0 Å². The Bertz CT molecular complexity index is 417. The Morgan fingerprint density at radius 2 is 2.12 bits per heavy atom. The number of amides is 1. The molecule has 2 rings (SSSR count). The van der Waals surface area contributed by atoms with Crippen LogP contribution in [-0.4, -0.2) is 12.0 Å². The van der Waals surface area contributed by atoms with Crippen molar-refractivity contribution in [3.05, 3.63) is 28.8 Å². The summed E-state index contributed by atoms with van der Waals surface area (Å²) in [4.78, 5) is 17.0. The number of rotatable bonds is 3. The largest absolute Gasteiger partial charge is 0.398 e. The first kappa shape index (κ1) is 12.2. The zero-order valence-corrected chi connectivity index (χ0v) is 10.2. The van der Waals surface area contributed by atoms with Crippen molar-refractivity contribution >= 4 is 23.2 Å². The molecule has 0 bridgehead atoms. The SMILES string of the molecule is Nc1cc(C(=O)NOC2CCCC2)ccc1Cl. The molecule has 0 heterocycles. The molecule has 1 aliphatic rings. The van der Waals surface area contributed by atoms with Crippen molar-refractivity contribution in [3.63, 3.8) is 0 Å². The number of hydrogen-bond donors (Lipinski definition) is 2. The summed E-state index contributed by atoms with van der Waals surface area (Å²) in [6.07, 6.45) is 4.47. The maximum Gasteiger partial charge on any atom is 0.274 e.